The maximum atomic E-state index is 6.42. The Labute approximate surface area is 206 Å². The van der Waals surface area contributed by atoms with Crippen molar-refractivity contribution in [2.45, 2.75) is 25.2 Å². The van der Waals surface area contributed by atoms with Crippen LogP contribution in [0, 0.1) is 6.92 Å². The number of aryl methyl sites for hydroxylation is 1. The van der Waals surface area contributed by atoms with Crippen LogP contribution < -0.4 is 25.6 Å². The molecule has 184 valence electrons. The summed E-state index contributed by atoms with van der Waals surface area (Å²) >= 11 is 0. The van der Waals surface area contributed by atoms with Gasteiger partial charge in [-0.2, -0.15) is 4.98 Å². The van der Waals surface area contributed by atoms with Crippen LogP contribution in [0.5, 0.6) is 5.75 Å². The molecule has 1 spiro atoms. The van der Waals surface area contributed by atoms with Crippen molar-refractivity contribution >= 4 is 34.6 Å². The zero-order valence-corrected chi connectivity index (χ0v) is 21.0. The summed E-state index contributed by atoms with van der Waals surface area (Å²) in [5.41, 5.74) is 12.1. The summed E-state index contributed by atoms with van der Waals surface area (Å²) in [7, 11) is 7.77. The molecule has 0 unspecified atom stereocenters. The fourth-order valence-electron chi connectivity index (χ4n) is 4.60. The molecule has 3 heterocycles. The number of rotatable bonds is 8. The van der Waals surface area contributed by atoms with E-state index in [1.807, 2.05) is 32.2 Å². The Bertz CT molecular complexity index is 1240. The molecule has 10 heteroatoms. The van der Waals surface area contributed by atoms with Gasteiger partial charge in [0.1, 0.15) is 12.1 Å². The Morgan fingerprint density at radius 3 is 2.63 bits per heavy atom. The van der Waals surface area contributed by atoms with Gasteiger partial charge in [-0.1, -0.05) is 0 Å². The number of nitrogen functional groups attached to an aromatic ring is 1. The summed E-state index contributed by atoms with van der Waals surface area (Å²) in [6.07, 6.45) is 3.83. The molecule has 10 nitrogen and oxygen atoms in total. The van der Waals surface area contributed by atoms with Gasteiger partial charge in [0.25, 0.3) is 0 Å². The lowest BCUT2D eigenvalue weighted by molar-refractivity contribution is 0.413. The monoisotopic (exact) mass is 475 g/mol. The van der Waals surface area contributed by atoms with Gasteiger partial charge < -0.3 is 30.5 Å². The Hall–Kier alpha value is -3.66. The van der Waals surface area contributed by atoms with Gasteiger partial charge in [0.2, 0.25) is 11.9 Å². The standard InChI is InChI=1S/C25H33N9O/c1-16-6-7-19-22(29-16)25(8-9-25)14-34(19)24-28-15-27-23(31-24)30-18-12-17(26)20(13-21(18)35-5)33(4)11-10-32(2)3/h6-7,12-13,15H,8-11,14,26H2,1-5H3,(H,27,28,30,31). The number of nitrogens with two attached hydrogens (primary N) is 1. The van der Waals surface area contributed by atoms with Crippen LogP contribution >= 0.6 is 0 Å². The number of nitrogens with zero attached hydrogens (tertiary/aromatic N) is 7. The van der Waals surface area contributed by atoms with Gasteiger partial charge in [0, 0.05) is 43.9 Å². The lowest BCUT2D eigenvalue weighted by Gasteiger charge is -2.24. The van der Waals surface area contributed by atoms with Gasteiger partial charge in [-0.05, 0) is 52.1 Å². The van der Waals surface area contributed by atoms with Crippen molar-refractivity contribution in [3.63, 3.8) is 0 Å². The molecule has 1 aromatic carbocycles. The summed E-state index contributed by atoms with van der Waals surface area (Å²) in [6, 6.07) is 7.97. The predicted octanol–water partition coefficient (Wildman–Crippen LogP) is 3.09. The van der Waals surface area contributed by atoms with Crippen molar-refractivity contribution in [2.24, 2.45) is 0 Å². The minimum absolute atomic E-state index is 0.133. The molecule has 0 amide bonds. The van der Waals surface area contributed by atoms with Gasteiger partial charge in [-0.25, -0.2) is 9.97 Å². The molecule has 1 fully saturated rings. The van der Waals surface area contributed by atoms with Crippen molar-refractivity contribution in [2.75, 3.05) is 68.7 Å². The average molecular weight is 476 g/mol. The molecule has 35 heavy (non-hydrogen) atoms. The van der Waals surface area contributed by atoms with Crippen LogP contribution in [0.1, 0.15) is 24.2 Å². The molecule has 1 aliphatic heterocycles. The van der Waals surface area contributed by atoms with Crippen LogP contribution in [0.25, 0.3) is 0 Å². The summed E-state index contributed by atoms with van der Waals surface area (Å²) in [6.45, 7) is 4.64. The Morgan fingerprint density at radius 2 is 1.91 bits per heavy atom. The predicted molar refractivity (Wildman–Crippen MR) is 139 cm³/mol. The maximum absolute atomic E-state index is 6.42. The highest BCUT2D eigenvalue weighted by Gasteiger charge is 2.54. The first kappa shape index (κ1) is 23.1. The molecule has 1 saturated carbocycles. The third kappa shape index (κ3) is 4.41. The lowest BCUT2D eigenvalue weighted by atomic mass is 10.0. The molecule has 3 aromatic rings. The second-order valence-electron chi connectivity index (χ2n) is 9.76. The number of hydrogen-bond acceptors (Lipinski definition) is 10. The molecule has 0 bridgehead atoms. The third-order valence-corrected chi connectivity index (χ3v) is 6.81. The fourth-order valence-corrected chi connectivity index (χ4v) is 4.60. The van der Waals surface area contributed by atoms with Crippen molar-refractivity contribution in [3.05, 3.63) is 42.0 Å². The number of anilines is 6. The Morgan fingerprint density at radius 1 is 1.11 bits per heavy atom. The van der Waals surface area contributed by atoms with E-state index in [0.717, 1.165) is 55.2 Å². The molecule has 2 aromatic heterocycles. The molecular formula is C25H33N9O. The van der Waals surface area contributed by atoms with Crippen molar-refractivity contribution in [3.8, 4) is 5.75 Å². The number of methoxy groups -OCH3 is 1. The van der Waals surface area contributed by atoms with Crippen LogP contribution in [0.2, 0.25) is 0 Å². The molecule has 0 radical (unpaired) electrons. The lowest BCUT2D eigenvalue weighted by Crippen LogP contribution is -2.29. The van der Waals surface area contributed by atoms with Crippen molar-refractivity contribution in [1.82, 2.24) is 24.8 Å². The highest BCUT2D eigenvalue weighted by atomic mass is 16.5. The van der Waals surface area contributed by atoms with E-state index in [9.17, 15) is 0 Å². The van der Waals surface area contributed by atoms with Crippen LogP contribution in [0.15, 0.2) is 30.6 Å². The number of ether oxygens (including phenoxy) is 1. The second-order valence-corrected chi connectivity index (χ2v) is 9.76. The van der Waals surface area contributed by atoms with E-state index >= 15 is 0 Å². The minimum atomic E-state index is 0.133. The quantitative estimate of drug-likeness (QED) is 0.472. The van der Waals surface area contributed by atoms with Crippen LogP contribution in [0.3, 0.4) is 0 Å². The maximum Gasteiger partial charge on any atom is 0.234 e. The molecule has 2 aliphatic rings. The first-order valence-electron chi connectivity index (χ1n) is 11.8. The molecule has 0 saturated heterocycles. The zero-order valence-electron chi connectivity index (χ0n) is 21.0. The Balaban J connectivity index is 1.40. The SMILES string of the molecule is COc1cc(N(C)CCN(C)C)c(N)cc1Nc1ncnc(N2CC3(CC3)c3nc(C)ccc32)n1. The first-order valence-corrected chi connectivity index (χ1v) is 11.8. The molecular weight excluding hydrogens is 442 g/mol. The third-order valence-electron chi connectivity index (χ3n) is 6.81. The highest BCUT2D eigenvalue weighted by Crippen LogP contribution is 2.56. The summed E-state index contributed by atoms with van der Waals surface area (Å²) < 4.78 is 5.67. The molecule has 5 rings (SSSR count). The van der Waals surface area contributed by atoms with E-state index in [0.29, 0.717) is 29.0 Å². The number of likely N-dealkylation sites (N-methyl/N-ethyl adjacent to an activating group) is 2. The summed E-state index contributed by atoms with van der Waals surface area (Å²) in [4.78, 5) is 24.8. The summed E-state index contributed by atoms with van der Waals surface area (Å²) in [5.74, 6) is 1.70. The number of fused-ring (bicyclic) bond motifs is 2. The van der Waals surface area contributed by atoms with Gasteiger partial charge in [-0.15, -0.1) is 0 Å². The van der Waals surface area contributed by atoms with Crippen LogP contribution in [-0.4, -0.2) is 72.7 Å². The normalized spacial score (nSPS) is 15.4. The highest BCUT2D eigenvalue weighted by molar-refractivity contribution is 5.79. The van der Waals surface area contributed by atoms with Crippen molar-refractivity contribution in [1.29, 1.82) is 0 Å². The zero-order chi connectivity index (χ0) is 24.7. The van der Waals surface area contributed by atoms with E-state index in [-0.39, 0.29) is 5.41 Å². The molecule has 1 aliphatic carbocycles. The fraction of sp³-hybridized carbons (Fsp3) is 0.440. The van der Waals surface area contributed by atoms with Crippen molar-refractivity contribution < 1.29 is 4.74 Å². The van der Waals surface area contributed by atoms with Crippen LogP contribution in [-0.2, 0) is 5.41 Å². The first-order chi connectivity index (χ1) is 16.8. The van der Waals surface area contributed by atoms with E-state index in [4.69, 9.17) is 20.4 Å². The number of benzene rings is 1. The number of hydrogen-bond donors (Lipinski definition) is 2. The van der Waals surface area contributed by atoms with E-state index in [1.165, 1.54) is 6.33 Å². The van der Waals surface area contributed by atoms with Gasteiger partial charge in [0.05, 0.1) is 35.6 Å². The van der Waals surface area contributed by atoms with E-state index in [1.54, 1.807) is 7.11 Å². The number of aromatic nitrogens is 4. The number of pyridine rings is 1. The van der Waals surface area contributed by atoms with E-state index in [2.05, 4.69) is 50.1 Å². The van der Waals surface area contributed by atoms with Gasteiger partial charge in [-0.3, -0.25) is 4.98 Å². The largest absolute Gasteiger partial charge is 0.494 e. The van der Waals surface area contributed by atoms with Gasteiger partial charge in [0.15, 0.2) is 0 Å². The summed E-state index contributed by atoms with van der Waals surface area (Å²) in [5, 5.41) is 3.28. The second kappa shape index (κ2) is 8.84. The molecule has 0 atom stereocenters. The smallest absolute Gasteiger partial charge is 0.234 e. The average Bonchev–Trinajstić information content (AvgIpc) is 3.55. The van der Waals surface area contributed by atoms with E-state index < -0.39 is 0 Å². The molecule has 3 N–H and O–H groups in total. The minimum Gasteiger partial charge on any atom is -0.494 e. The number of nitrogens with one attached hydrogen (secondary N) is 1. The Kier molecular flexibility index (Phi) is 5.84. The topological polar surface area (TPSA) is 109 Å². The van der Waals surface area contributed by atoms with Crippen LogP contribution in [0.4, 0.5) is 34.6 Å². The van der Waals surface area contributed by atoms with Gasteiger partial charge >= 0.3 is 0 Å².